The molecule has 3 heterocycles. The van der Waals surface area contributed by atoms with Crippen LogP contribution in [0.1, 0.15) is 6.92 Å². The molecule has 0 aliphatic carbocycles. The molecule has 10 heteroatoms. The molecule has 7 nitrogen and oxygen atoms in total. The molecule has 1 amide bonds. The van der Waals surface area contributed by atoms with Crippen molar-refractivity contribution in [3.8, 4) is 5.75 Å². The van der Waals surface area contributed by atoms with Crippen molar-refractivity contribution in [1.29, 1.82) is 0 Å². The van der Waals surface area contributed by atoms with Gasteiger partial charge in [-0.25, -0.2) is 0 Å². The largest absolute Gasteiger partial charge is 0.497 e. The van der Waals surface area contributed by atoms with E-state index in [1.54, 1.807) is 34.6 Å². The van der Waals surface area contributed by atoms with Crippen LogP contribution in [0.2, 0.25) is 0 Å². The predicted octanol–water partition coefficient (Wildman–Crippen LogP) is 1.60. The summed E-state index contributed by atoms with van der Waals surface area (Å²) in [6, 6.07) is 5.84. The van der Waals surface area contributed by atoms with Crippen LogP contribution < -0.4 is 24.4 Å². The molecule has 0 atom stereocenters. The highest BCUT2D eigenvalue weighted by molar-refractivity contribution is 8.08. The maximum atomic E-state index is 13.4. The number of carbonyl (C=O) groups is 1. The lowest BCUT2D eigenvalue weighted by Gasteiger charge is -2.13. The van der Waals surface area contributed by atoms with Gasteiger partial charge in [-0.1, -0.05) is 17.8 Å². The van der Waals surface area contributed by atoms with Gasteiger partial charge in [-0.15, -0.1) is 17.9 Å². The summed E-state index contributed by atoms with van der Waals surface area (Å²) < 4.78 is 8.10. The number of carbonyl (C=O) groups excluding carboxylic acids is 1. The van der Waals surface area contributed by atoms with Crippen LogP contribution in [0.5, 0.6) is 5.75 Å². The van der Waals surface area contributed by atoms with Crippen molar-refractivity contribution < 1.29 is 9.53 Å². The predicted molar refractivity (Wildman–Crippen MR) is 130 cm³/mol. The van der Waals surface area contributed by atoms with Gasteiger partial charge in [-0.2, -0.15) is 0 Å². The van der Waals surface area contributed by atoms with Crippen molar-refractivity contribution in [2.24, 2.45) is 0 Å². The summed E-state index contributed by atoms with van der Waals surface area (Å²) in [6.07, 6.45) is 1.66. The number of amides is 1. The summed E-state index contributed by atoms with van der Waals surface area (Å²) in [4.78, 5) is 32.7. The van der Waals surface area contributed by atoms with Crippen LogP contribution in [-0.4, -0.2) is 53.1 Å². The molecule has 0 unspecified atom stereocenters. The molecule has 1 aromatic carbocycles. The van der Waals surface area contributed by atoms with Gasteiger partial charge in [-0.05, 0) is 37.3 Å². The fourth-order valence-electron chi connectivity index (χ4n) is 3.63. The van der Waals surface area contributed by atoms with E-state index in [0.717, 1.165) is 21.4 Å². The number of fused-ring (bicyclic) bond motifs is 1. The van der Waals surface area contributed by atoms with Crippen molar-refractivity contribution in [1.82, 2.24) is 14.4 Å². The summed E-state index contributed by atoms with van der Waals surface area (Å²) in [5.74, 6) is 0.574. The molecule has 0 saturated carbocycles. The fraction of sp³-hybridized carbons (Fsp3) is 0.286. The van der Waals surface area contributed by atoms with Gasteiger partial charge in [0.15, 0.2) is 5.11 Å². The number of allylic oxidation sites excluding steroid dienone is 1. The van der Waals surface area contributed by atoms with E-state index in [2.05, 4.69) is 6.58 Å². The van der Waals surface area contributed by atoms with E-state index in [9.17, 15) is 9.59 Å². The average Bonchev–Trinajstić information content (AvgIpc) is 3.32. The lowest BCUT2D eigenvalue weighted by molar-refractivity contribution is -0.120. The first-order valence-corrected chi connectivity index (χ1v) is 11.7. The Kier molecular flexibility index (Phi) is 5.71. The standard InChI is InChI=1S/C21H22N4O3S3/c1-6-10-25-18(27)16(20-22(3)13-9-8-12(28-5)11-14(13)30-20)31-19(25)15-17(26)24(7-2)21(29)23(15)4/h6,8-9,11H,1,7,10H2,2-5H3. The van der Waals surface area contributed by atoms with Crippen molar-refractivity contribution in [2.45, 2.75) is 18.4 Å². The van der Waals surface area contributed by atoms with E-state index in [1.807, 2.05) is 37.1 Å². The molecule has 0 radical (unpaired) electrons. The molecule has 2 aliphatic heterocycles. The van der Waals surface area contributed by atoms with Crippen LogP contribution in [0.25, 0.3) is 10.7 Å². The van der Waals surface area contributed by atoms with Crippen LogP contribution in [-0.2, 0) is 11.3 Å². The summed E-state index contributed by atoms with van der Waals surface area (Å²) in [5, 5.41) is 1.26. The maximum absolute atomic E-state index is 13.4. The third-order valence-electron chi connectivity index (χ3n) is 5.25. The van der Waals surface area contributed by atoms with Crippen LogP contribution in [0.15, 0.2) is 40.5 Å². The highest BCUT2D eigenvalue weighted by Crippen LogP contribution is 2.46. The van der Waals surface area contributed by atoms with Crippen molar-refractivity contribution in [2.75, 3.05) is 32.6 Å². The van der Waals surface area contributed by atoms with Crippen LogP contribution in [0.3, 0.4) is 0 Å². The van der Waals surface area contributed by atoms with Gasteiger partial charge in [0.25, 0.3) is 11.5 Å². The molecule has 1 fully saturated rings. The Morgan fingerprint density at radius 1 is 1.23 bits per heavy atom. The molecule has 1 aromatic heterocycles. The van der Waals surface area contributed by atoms with Crippen LogP contribution >= 0.6 is 35.3 Å². The van der Waals surface area contributed by atoms with Crippen LogP contribution in [0, 0.1) is 0 Å². The molecular weight excluding hydrogens is 452 g/mol. The average molecular weight is 475 g/mol. The van der Waals surface area contributed by atoms with Crippen molar-refractivity contribution >= 4 is 62.7 Å². The smallest absolute Gasteiger partial charge is 0.279 e. The van der Waals surface area contributed by atoms with E-state index in [0.29, 0.717) is 33.1 Å². The third-order valence-corrected chi connectivity index (χ3v) is 8.27. The van der Waals surface area contributed by atoms with Gasteiger partial charge in [0.2, 0.25) is 0 Å². The van der Waals surface area contributed by atoms with Gasteiger partial charge in [0.1, 0.15) is 25.7 Å². The van der Waals surface area contributed by atoms with Crippen LogP contribution in [0.4, 0.5) is 5.69 Å². The monoisotopic (exact) mass is 474 g/mol. The first kappa shape index (κ1) is 21.7. The summed E-state index contributed by atoms with van der Waals surface area (Å²) in [7, 11) is 5.33. The zero-order valence-corrected chi connectivity index (χ0v) is 20.1. The Morgan fingerprint density at radius 2 is 1.97 bits per heavy atom. The first-order valence-electron chi connectivity index (χ1n) is 9.62. The number of anilines is 1. The minimum atomic E-state index is -0.189. The normalized spacial score (nSPS) is 19.4. The minimum Gasteiger partial charge on any atom is -0.497 e. The number of benzene rings is 1. The second-order valence-electron chi connectivity index (χ2n) is 6.98. The minimum absolute atomic E-state index is 0.149. The van der Waals surface area contributed by atoms with E-state index >= 15 is 0 Å². The summed E-state index contributed by atoms with van der Waals surface area (Å²) >= 11 is 8.27. The topological polar surface area (TPSA) is 58.0 Å². The summed E-state index contributed by atoms with van der Waals surface area (Å²) in [6.45, 7) is 6.44. The Bertz CT molecular complexity index is 1290. The lowest BCUT2D eigenvalue weighted by Crippen LogP contribution is -2.35. The SMILES string of the molecule is C=CCn1c(=C2C(=O)N(CC)C(=S)N2C)sc(=C2Sc3cc(OC)ccc3N2C)c1=O. The highest BCUT2D eigenvalue weighted by Gasteiger charge is 2.37. The van der Waals surface area contributed by atoms with Gasteiger partial charge >= 0.3 is 0 Å². The van der Waals surface area contributed by atoms with Crippen molar-refractivity contribution in [3.63, 3.8) is 0 Å². The number of hydrogen-bond donors (Lipinski definition) is 0. The fourth-order valence-corrected chi connectivity index (χ4v) is 6.49. The zero-order valence-electron chi connectivity index (χ0n) is 17.7. The molecule has 31 heavy (non-hydrogen) atoms. The number of likely N-dealkylation sites (N-methyl/N-ethyl adjacent to an activating group) is 2. The number of thiazole rings is 1. The molecule has 0 bridgehead atoms. The number of methoxy groups -OCH3 is 1. The number of ether oxygens (including phenoxy) is 1. The zero-order chi connectivity index (χ0) is 22.4. The van der Waals surface area contributed by atoms with E-state index < -0.39 is 0 Å². The second-order valence-corrected chi connectivity index (χ2v) is 9.38. The first-order chi connectivity index (χ1) is 14.8. The quantitative estimate of drug-likeness (QED) is 0.493. The van der Waals surface area contributed by atoms with Gasteiger partial charge in [-0.3, -0.25) is 19.1 Å². The third kappa shape index (κ3) is 3.29. The number of aromatic nitrogens is 1. The van der Waals surface area contributed by atoms with E-state index in [4.69, 9.17) is 17.0 Å². The Morgan fingerprint density at radius 3 is 2.58 bits per heavy atom. The van der Waals surface area contributed by atoms with Gasteiger partial charge in [0, 0.05) is 32.1 Å². The number of rotatable bonds is 4. The molecule has 4 rings (SSSR count). The summed E-state index contributed by atoms with van der Waals surface area (Å²) in [5.41, 5.74) is 1.28. The molecule has 0 spiro atoms. The van der Waals surface area contributed by atoms with Crippen molar-refractivity contribution in [3.05, 3.63) is 50.4 Å². The Balaban J connectivity index is 2.00. The Labute approximate surface area is 193 Å². The van der Waals surface area contributed by atoms with Gasteiger partial charge in [0.05, 0.1) is 12.8 Å². The second kappa shape index (κ2) is 8.18. The number of hydrogen-bond acceptors (Lipinski definition) is 7. The lowest BCUT2D eigenvalue weighted by atomic mass is 10.3. The number of nitrogens with zero attached hydrogens (tertiary/aromatic N) is 4. The molecule has 162 valence electrons. The molecule has 2 aliphatic rings. The molecule has 2 aromatic rings. The molecule has 0 N–H and O–H groups in total. The highest BCUT2D eigenvalue weighted by atomic mass is 32.2. The maximum Gasteiger partial charge on any atom is 0.279 e. The Hall–Kier alpha value is -2.56. The molecule has 1 saturated heterocycles. The van der Waals surface area contributed by atoms with E-state index in [1.165, 1.54) is 23.1 Å². The van der Waals surface area contributed by atoms with Gasteiger partial charge < -0.3 is 14.5 Å². The molecular formula is C21H22N4O3S3. The number of thioether (sulfide) groups is 1. The number of thiocarbonyl (C=S) groups is 1. The van der Waals surface area contributed by atoms with E-state index in [-0.39, 0.29) is 11.5 Å².